The van der Waals surface area contributed by atoms with Gasteiger partial charge in [-0.3, -0.25) is 0 Å². The van der Waals surface area contributed by atoms with Gasteiger partial charge in [0.05, 0.1) is 65.7 Å². The van der Waals surface area contributed by atoms with Gasteiger partial charge in [0.1, 0.15) is 22.3 Å². The number of hydrogen-bond donors (Lipinski definition) is 0. The van der Waals surface area contributed by atoms with Crippen molar-refractivity contribution in [1.29, 1.82) is 0 Å². The molecular weight excluding hydrogens is 1290 g/mol. The molecule has 0 amide bonds. The number of fused-ring (bicyclic) bond motifs is 33. The van der Waals surface area contributed by atoms with Crippen LogP contribution in [0.4, 0.5) is 0 Å². The maximum absolute atomic E-state index is 7.38. The van der Waals surface area contributed by atoms with Crippen LogP contribution >= 0.6 is 0 Å². The van der Waals surface area contributed by atoms with E-state index in [1.54, 1.807) is 0 Å². The third-order valence-electron chi connectivity index (χ3n) is 23.6. The van der Waals surface area contributed by atoms with Crippen LogP contribution in [0.25, 0.3) is 241 Å². The topological polar surface area (TPSA) is 46.0 Å². The summed E-state index contributed by atoms with van der Waals surface area (Å²) in [6.45, 7) is 0. The van der Waals surface area contributed by atoms with Crippen molar-refractivity contribution < 1.29 is 8.83 Å². The summed E-state index contributed by atoms with van der Waals surface area (Å²) >= 11 is 0. The SMILES string of the molecule is c1ccc(-n2c3ccccc3c3c4c(c5ccc(-c6cccc(-n7c8ccccc8c8c9c(c%10ccccc%10n9-c9cccc(-c%10ccc%11c%12c(cccc%10%12)-c%10ccccc%10-%11)c9)c9oc%10ccccc%10c9c87)c6)cc5n4-c4ccc5c6ccccc6c6ccccc6c5c4)c4oc5ccccc5c4c32)cc1. The average Bonchev–Trinajstić information content (AvgIpc) is 1.52. The lowest BCUT2D eigenvalue weighted by Crippen LogP contribution is -1.97. The molecule has 488 valence electrons. The molecule has 0 atom stereocenters. The molecule has 18 aromatic carbocycles. The molecule has 0 spiro atoms. The van der Waals surface area contributed by atoms with E-state index in [2.05, 4.69) is 358 Å². The van der Waals surface area contributed by atoms with E-state index in [4.69, 9.17) is 8.83 Å². The van der Waals surface area contributed by atoms with Crippen LogP contribution in [0.2, 0.25) is 0 Å². The molecule has 6 aromatic heterocycles. The predicted molar refractivity (Wildman–Crippen MR) is 444 cm³/mol. The van der Waals surface area contributed by atoms with Crippen molar-refractivity contribution in [3.8, 4) is 67.3 Å². The lowest BCUT2D eigenvalue weighted by atomic mass is 9.94. The zero-order valence-corrected chi connectivity index (χ0v) is 56.9. The summed E-state index contributed by atoms with van der Waals surface area (Å²) in [5, 5.41) is 23.4. The molecule has 106 heavy (non-hydrogen) atoms. The molecule has 0 fully saturated rings. The molecule has 1 aliphatic rings. The van der Waals surface area contributed by atoms with E-state index < -0.39 is 0 Å². The Morgan fingerprint density at radius 3 is 1.11 bits per heavy atom. The van der Waals surface area contributed by atoms with Crippen LogP contribution in [0.15, 0.2) is 349 Å². The fraction of sp³-hybridized carbons (Fsp3) is 0. The van der Waals surface area contributed by atoms with Gasteiger partial charge in [0.15, 0.2) is 0 Å². The number of benzene rings is 18. The van der Waals surface area contributed by atoms with Gasteiger partial charge in [-0.1, -0.05) is 255 Å². The highest BCUT2D eigenvalue weighted by Crippen LogP contribution is 2.55. The van der Waals surface area contributed by atoms with Crippen LogP contribution in [-0.4, -0.2) is 18.3 Å². The maximum atomic E-state index is 7.38. The molecule has 0 bridgehead atoms. The molecule has 6 nitrogen and oxygen atoms in total. The molecule has 25 rings (SSSR count). The van der Waals surface area contributed by atoms with Crippen LogP contribution in [0.1, 0.15) is 0 Å². The molecule has 0 saturated carbocycles. The molecular formula is C100H56N4O2. The zero-order chi connectivity index (χ0) is 68.7. The molecule has 24 aromatic rings. The van der Waals surface area contributed by atoms with Crippen LogP contribution in [0.3, 0.4) is 0 Å². The third-order valence-corrected chi connectivity index (χ3v) is 23.6. The second-order valence-corrected chi connectivity index (χ2v) is 28.8. The third kappa shape index (κ3) is 7.33. The summed E-state index contributed by atoms with van der Waals surface area (Å²) < 4.78 is 24.8. The molecule has 6 heterocycles. The minimum atomic E-state index is 0.850. The van der Waals surface area contributed by atoms with E-state index >= 15 is 0 Å². The normalized spacial score (nSPS) is 12.5. The first-order valence-corrected chi connectivity index (χ1v) is 36.6. The summed E-state index contributed by atoms with van der Waals surface area (Å²) in [6.07, 6.45) is 0. The van der Waals surface area contributed by atoms with Crippen molar-refractivity contribution in [3.63, 3.8) is 0 Å². The first kappa shape index (κ1) is 56.4. The van der Waals surface area contributed by atoms with Gasteiger partial charge in [0, 0.05) is 65.8 Å². The molecule has 0 radical (unpaired) electrons. The molecule has 0 unspecified atom stereocenters. The maximum Gasteiger partial charge on any atom is 0.147 e. The highest BCUT2D eigenvalue weighted by Gasteiger charge is 2.32. The van der Waals surface area contributed by atoms with E-state index in [1.165, 1.54) is 87.1 Å². The molecule has 0 saturated heterocycles. The number of nitrogens with zero attached hydrogens (tertiary/aromatic N) is 4. The number of furan rings is 2. The second-order valence-electron chi connectivity index (χ2n) is 28.8. The van der Waals surface area contributed by atoms with Crippen molar-refractivity contribution in [2.24, 2.45) is 0 Å². The Labute approximate surface area is 604 Å². The van der Waals surface area contributed by atoms with Crippen LogP contribution in [0.5, 0.6) is 0 Å². The standard InChI is InChI=1S/C100H56N4O2/c1-2-25-60(26-3-1)101-82-42-15-10-35-75(82)90-96-92(100-93(97(90)101)79-38-13-18-45-86(79)106-100)78-49-47-58(55-85(78)104(96)63-48-50-71-67-31-5-4-29-65(67)66-30-6-9-34-70(66)81(71)56-63)57-23-20-27-61(53-57)102-83-43-16-11-36-76(83)89-95-91(99-94(98(89)102)80-39-14-19-46-87(80)105-99)77-37-12-17-44-84(77)103(95)62-28-21-24-59(54-62)64-51-52-74-69-33-8-7-32-68(69)73-41-22-40-72(64)88(73)74/h1-56H. The van der Waals surface area contributed by atoms with Gasteiger partial charge in [-0.15, -0.1) is 0 Å². The van der Waals surface area contributed by atoms with Crippen LogP contribution in [-0.2, 0) is 0 Å². The minimum absolute atomic E-state index is 0.850. The quantitative estimate of drug-likeness (QED) is 0.156. The summed E-state index contributed by atoms with van der Waals surface area (Å²) in [4.78, 5) is 0. The van der Waals surface area contributed by atoms with Gasteiger partial charge < -0.3 is 27.1 Å². The highest BCUT2D eigenvalue weighted by molar-refractivity contribution is 6.41. The van der Waals surface area contributed by atoms with Crippen LogP contribution < -0.4 is 0 Å². The Kier molecular flexibility index (Phi) is 11.1. The van der Waals surface area contributed by atoms with Gasteiger partial charge in [0.2, 0.25) is 0 Å². The molecule has 1 aliphatic carbocycles. The lowest BCUT2D eigenvalue weighted by molar-refractivity contribution is 0.672. The van der Waals surface area contributed by atoms with E-state index in [9.17, 15) is 0 Å². The fourth-order valence-electron chi connectivity index (χ4n) is 19.4. The largest absolute Gasteiger partial charge is 0.455 e. The first-order valence-electron chi connectivity index (χ1n) is 36.6. The number of para-hydroxylation sites is 6. The predicted octanol–water partition coefficient (Wildman–Crippen LogP) is 27.5. The van der Waals surface area contributed by atoms with E-state index in [-0.39, 0.29) is 0 Å². The van der Waals surface area contributed by atoms with E-state index in [0.717, 1.165) is 154 Å². The van der Waals surface area contributed by atoms with Gasteiger partial charge in [-0.05, 0) is 173 Å². The van der Waals surface area contributed by atoms with Crippen molar-refractivity contribution in [2.75, 3.05) is 0 Å². The smallest absolute Gasteiger partial charge is 0.147 e. The Balaban J connectivity index is 0.763. The second kappa shape index (κ2) is 20.8. The van der Waals surface area contributed by atoms with Crippen molar-refractivity contribution >= 4 is 174 Å². The molecule has 6 heteroatoms. The average molecular weight is 1350 g/mol. The number of hydrogen-bond acceptors (Lipinski definition) is 2. The summed E-state index contributed by atoms with van der Waals surface area (Å²) in [5.41, 5.74) is 26.3. The first-order chi connectivity index (χ1) is 52.6. The lowest BCUT2D eigenvalue weighted by Gasteiger charge is -2.15. The van der Waals surface area contributed by atoms with Gasteiger partial charge in [0.25, 0.3) is 0 Å². The number of aromatic nitrogens is 4. The van der Waals surface area contributed by atoms with E-state index in [1.807, 2.05) is 0 Å². The van der Waals surface area contributed by atoms with Gasteiger partial charge >= 0.3 is 0 Å². The van der Waals surface area contributed by atoms with Crippen molar-refractivity contribution in [1.82, 2.24) is 18.3 Å². The Bertz CT molecular complexity index is 8020. The zero-order valence-electron chi connectivity index (χ0n) is 56.9. The van der Waals surface area contributed by atoms with Gasteiger partial charge in [-0.25, -0.2) is 0 Å². The monoisotopic (exact) mass is 1340 g/mol. The summed E-state index contributed by atoms with van der Waals surface area (Å²) in [7, 11) is 0. The fourth-order valence-corrected chi connectivity index (χ4v) is 19.4. The molecule has 0 aliphatic heterocycles. The summed E-state index contributed by atoms with van der Waals surface area (Å²) in [6, 6.07) is 126. The molecule has 0 N–H and O–H groups in total. The van der Waals surface area contributed by atoms with Gasteiger partial charge in [-0.2, -0.15) is 0 Å². The summed E-state index contributed by atoms with van der Waals surface area (Å²) in [5.74, 6) is 0. The highest BCUT2D eigenvalue weighted by atomic mass is 16.3. The van der Waals surface area contributed by atoms with Crippen molar-refractivity contribution in [3.05, 3.63) is 340 Å². The Hall–Kier alpha value is -14.2. The minimum Gasteiger partial charge on any atom is -0.455 e. The number of rotatable bonds is 6. The Morgan fingerprint density at radius 2 is 0.528 bits per heavy atom. The van der Waals surface area contributed by atoms with Crippen molar-refractivity contribution in [2.45, 2.75) is 0 Å². The van der Waals surface area contributed by atoms with E-state index in [0.29, 0.717) is 0 Å². The van der Waals surface area contributed by atoms with Crippen LogP contribution in [0, 0.1) is 0 Å². The Morgan fingerprint density at radius 1 is 0.170 bits per heavy atom.